The van der Waals surface area contributed by atoms with E-state index < -0.39 is 37.3 Å². The van der Waals surface area contributed by atoms with Crippen molar-refractivity contribution in [2.75, 3.05) is 13.2 Å². The molecule has 198 valence electrons. The molecule has 0 radical (unpaired) electrons. The highest BCUT2D eigenvalue weighted by Gasteiger charge is 2.44. The molecular formula is C27H32N2O8. The molecule has 0 amide bonds. The van der Waals surface area contributed by atoms with Gasteiger partial charge in [-0.15, -0.1) is 0 Å². The first kappa shape index (κ1) is 26.9. The predicted octanol–water partition coefficient (Wildman–Crippen LogP) is 0.464. The largest absolute Gasteiger partial charge is 0.462 e. The van der Waals surface area contributed by atoms with Crippen molar-refractivity contribution in [2.45, 2.75) is 57.0 Å². The lowest BCUT2D eigenvalue weighted by molar-refractivity contribution is -0.277. The normalized spacial score (nSPS) is 23.8. The van der Waals surface area contributed by atoms with E-state index in [0.717, 1.165) is 16.5 Å². The van der Waals surface area contributed by atoms with Crippen molar-refractivity contribution in [3.63, 3.8) is 0 Å². The van der Waals surface area contributed by atoms with E-state index in [9.17, 15) is 30.0 Å². The van der Waals surface area contributed by atoms with Crippen molar-refractivity contribution < 1.29 is 34.7 Å². The van der Waals surface area contributed by atoms with Gasteiger partial charge >= 0.3 is 0 Å². The Balaban J connectivity index is 1.57. The molecule has 1 aliphatic heterocycles. The summed E-state index contributed by atoms with van der Waals surface area (Å²) in [5, 5.41) is 40.8. The molecule has 1 fully saturated rings. The molecule has 0 spiro atoms. The molecule has 6 N–H and O–H groups in total. The summed E-state index contributed by atoms with van der Waals surface area (Å²) in [5.41, 5.74) is 7.52. The molecule has 4 rings (SSSR count). The lowest BCUT2D eigenvalue weighted by Crippen LogP contribution is -2.60. The number of ketones is 1. The molecule has 1 aromatic heterocycles. The van der Waals surface area contributed by atoms with Crippen molar-refractivity contribution in [1.29, 1.82) is 0 Å². The van der Waals surface area contributed by atoms with E-state index in [1.54, 1.807) is 37.4 Å². The van der Waals surface area contributed by atoms with Crippen LogP contribution in [0.5, 0.6) is 5.75 Å². The number of benzene rings is 2. The van der Waals surface area contributed by atoms with E-state index in [-0.39, 0.29) is 17.9 Å². The Bertz CT molecular complexity index is 1320. The van der Waals surface area contributed by atoms with Gasteiger partial charge in [-0.3, -0.25) is 9.59 Å². The van der Waals surface area contributed by atoms with Crippen molar-refractivity contribution in [2.24, 2.45) is 5.73 Å². The van der Waals surface area contributed by atoms with Crippen LogP contribution >= 0.6 is 0 Å². The molecule has 37 heavy (non-hydrogen) atoms. The zero-order chi connectivity index (χ0) is 26.7. The maximum atomic E-state index is 13.1. The lowest BCUT2D eigenvalue weighted by atomic mass is 9.99. The van der Waals surface area contributed by atoms with Crippen molar-refractivity contribution in [3.05, 3.63) is 64.6 Å². The minimum absolute atomic E-state index is 0.00208. The van der Waals surface area contributed by atoms with Crippen molar-refractivity contribution in [1.82, 2.24) is 4.57 Å². The van der Waals surface area contributed by atoms with Crippen LogP contribution in [0.4, 0.5) is 0 Å². The summed E-state index contributed by atoms with van der Waals surface area (Å²) in [6.07, 6.45) is -4.33. The third-order valence-electron chi connectivity index (χ3n) is 6.58. The van der Waals surface area contributed by atoms with E-state index in [1.807, 2.05) is 18.2 Å². The van der Waals surface area contributed by atoms with E-state index >= 15 is 0 Å². The number of aliphatic hydroxyl groups excluding tert-OH is 4. The number of fused-ring (bicyclic) bond motifs is 1. The number of pyridine rings is 1. The van der Waals surface area contributed by atoms with Crippen LogP contribution in [-0.4, -0.2) is 74.6 Å². The minimum Gasteiger partial charge on any atom is -0.462 e. The van der Waals surface area contributed by atoms with Gasteiger partial charge in [-0.1, -0.05) is 18.2 Å². The molecule has 0 saturated carbocycles. The Morgan fingerprint density at radius 1 is 1.05 bits per heavy atom. The van der Waals surface area contributed by atoms with E-state index in [1.165, 1.54) is 4.57 Å². The Hall–Kier alpha value is -3.12. The molecule has 1 aliphatic rings. The topological polar surface area (TPSA) is 164 Å². The zero-order valence-corrected chi connectivity index (χ0v) is 20.5. The van der Waals surface area contributed by atoms with Crippen LogP contribution in [0.2, 0.25) is 0 Å². The van der Waals surface area contributed by atoms with Gasteiger partial charge < -0.3 is 40.2 Å². The van der Waals surface area contributed by atoms with Crippen molar-refractivity contribution >= 4 is 16.6 Å². The van der Waals surface area contributed by atoms with Crippen LogP contribution in [-0.2, 0) is 16.1 Å². The number of aryl methyl sites for hydroxylation is 1. The molecule has 0 aliphatic carbocycles. The van der Waals surface area contributed by atoms with Crippen molar-refractivity contribution in [3.8, 4) is 16.9 Å². The third-order valence-corrected chi connectivity index (χ3v) is 6.58. The first-order chi connectivity index (χ1) is 17.7. The van der Waals surface area contributed by atoms with Gasteiger partial charge in [0.1, 0.15) is 30.2 Å². The van der Waals surface area contributed by atoms with Crippen LogP contribution in [0.1, 0.15) is 18.4 Å². The molecule has 5 unspecified atom stereocenters. The predicted molar refractivity (Wildman–Crippen MR) is 136 cm³/mol. The lowest BCUT2D eigenvalue weighted by Gasteiger charge is -2.39. The zero-order valence-electron chi connectivity index (χ0n) is 20.5. The fourth-order valence-corrected chi connectivity index (χ4v) is 4.40. The second-order valence-corrected chi connectivity index (χ2v) is 9.28. The number of nitrogens with zero attached hydrogens (tertiary/aromatic N) is 1. The average Bonchev–Trinajstić information content (AvgIpc) is 2.90. The van der Waals surface area contributed by atoms with Gasteiger partial charge in [-0.25, -0.2) is 0 Å². The summed E-state index contributed by atoms with van der Waals surface area (Å²) in [4.78, 5) is 25.2. The second-order valence-electron chi connectivity index (χ2n) is 9.28. The highest BCUT2D eigenvalue weighted by molar-refractivity contribution is 5.87. The number of carbonyl (C=O) groups excluding carboxylic acids is 1. The molecule has 10 nitrogen and oxygen atoms in total. The fraction of sp³-hybridized carbons (Fsp3) is 0.407. The number of carbonyl (C=O) groups is 1. The Morgan fingerprint density at radius 2 is 1.78 bits per heavy atom. The first-order valence-corrected chi connectivity index (χ1v) is 12.2. The average molecular weight is 513 g/mol. The maximum absolute atomic E-state index is 13.1. The highest BCUT2D eigenvalue weighted by atomic mass is 16.7. The fourth-order valence-electron chi connectivity index (χ4n) is 4.40. The number of aromatic nitrogens is 1. The molecule has 0 bridgehead atoms. The highest BCUT2D eigenvalue weighted by Crippen LogP contribution is 2.30. The number of hydrogen-bond acceptors (Lipinski definition) is 9. The summed E-state index contributed by atoms with van der Waals surface area (Å²) >= 11 is 0. The number of hydrogen-bond donors (Lipinski definition) is 5. The number of ether oxygens (including phenoxy) is 2. The quantitative estimate of drug-likeness (QED) is 0.274. The van der Waals surface area contributed by atoms with Crippen LogP contribution in [0.3, 0.4) is 0 Å². The molecule has 2 heterocycles. The third kappa shape index (κ3) is 5.74. The van der Waals surface area contributed by atoms with Gasteiger partial charge in [0.2, 0.25) is 6.29 Å². The summed E-state index contributed by atoms with van der Waals surface area (Å²) in [5.74, 6) is 0.334. The van der Waals surface area contributed by atoms with E-state index in [2.05, 4.69) is 0 Å². The van der Waals surface area contributed by atoms with Gasteiger partial charge in [0.05, 0.1) is 13.2 Å². The van der Waals surface area contributed by atoms with Gasteiger partial charge in [0.25, 0.3) is 5.56 Å². The summed E-state index contributed by atoms with van der Waals surface area (Å²) in [6, 6.07) is 12.6. The smallest absolute Gasteiger partial charge is 0.258 e. The van der Waals surface area contributed by atoms with Gasteiger partial charge in [0.15, 0.2) is 5.78 Å². The van der Waals surface area contributed by atoms with Gasteiger partial charge in [0, 0.05) is 18.0 Å². The first-order valence-electron chi connectivity index (χ1n) is 12.2. The molecule has 10 heteroatoms. The standard InChI is InChI=1S/C27H32N2O8/c1-15-11-17(6-7-21(15)36-27-25(34)24(33)23(32)22(14-30)37-27)18-5-4-16-8-10-29(26(35)20(16)12-18)13-19(31)3-2-9-28/h4-8,10-12,22-25,27,30,32-34H,2-3,9,13-14,28H2,1H3. The molecule has 1 saturated heterocycles. The van der Waals surface area contributed by atoms with E-state index in [0.29, 0.717) is 36.1 Å². The maximum Gasteiger partial charge on any atom is 0.258 e. The van der Waals surface area contributed by atoms with Gasteiger partial charge in [-0.05, 0) is 66.2 Å². The van der Waals surface area contributed by atoms with Crippen LogP contribution in [0, 0.1) is 6.92 Å². The molecule has 2 aromatic carbocycles. The number of aliphatic hydroxyl groups is 4. The number of Topliss-reactive ketones (excluding diaryl/α,β-unsaturated/α-hetero) is 1. The van der Waals surface area contributed by atoms with Crippen LogP contribution in [0.15, 0.2) is 53.5 Å². The van der Waals surface area contributed by atoms with Gasteiger partial charge in [-0.2, -0.15) is 0 Å². The molecular weight excluding hydrogens is 480 g/mol. The number of rotatable bonds is 9. The summed E-state index contributed by atoms with van der Waals surface area (Å²) in [6.45, 7) is 1.67. The summed E-state index contributed by atoms with van der Waals surface area (Å²) in [7, 11) is 0. The minimum atomic E-state index is -1.53. The Labute approximate surface area is 213 Å². The Morgan fingerprint density at radius 3 is 2.49 bits per heavy atom. The number of nitrogens with two attached hydrogens (primary N) is 1. The Kier molecular flexibility index (Phi) is 8.38. The second kappa shape index (κ2) is 11.5. The molecule has 5 atom stereocenters. The monoisotopic (exact) mass is 512 g/mol. The SMILES string of the molecule is Cc1cc(-c2ccc3ccn(CC(=O)CCCN)c(=O)c3c2)ccc1OC1OC(CO)C(O)C(O)C1O. The van der Waals surface area contributed by atoms with Crippen LogP contribution < -0.4 is 16.0 Å². The van der Waals surface area contributed by atoms with Crippen LogP contribution in [0.25, 0.3) is 21.9 Å². The summed E-state index contributed by atoms with van der Waals surface area (Å²) < 4.78 is 12.6. The van der Waals surface area contributed by atoms with E-state index in [4.69, 9.17) is 15.2 Å². The molecule has 3 aromatic rings.